The van der Waals surface area contributed by atoms with Crippen LogP contribution in [0.2, 0.25) is 0 Å². The zero-order valence-electron chi connectivity index (χ0n) is 9.78. The van der Waals surface area contributed by atoms with Gasteiger partial charge in [-0.3, -0.25) is 0 Å². The highest BCUT2D eigenvalue weighted by atomic mass is 31.1. The second-order valence-electron chi connectivity index (χ2n) is 4.05. The Bertz CT molecular complexity index is 279. The molecule has 0 saturated heterocycles. The molecule has 0 N–H and O–H groups in total. The maximum absolute atomic E-state index is 2.31. The zero-order valence-corrected chi connectivity index (χ0v) is 10.8. The van der Waals surface area contributed by atoms with E-state index in [2.05, 4.69) is 39.8 Å². The van der Waals surface area contributed by atoms with Crippen LogP contribution in [0.1, 0.15) is 36.5 Å². The smallest absolute Gasteiger partial charge is 0.0213 e. The maximum atomic E-state index is 2.31. The normalized spacial score (nSPS) is 11.4. The van der Waals surface area contributed by atoms with Crippen LogP contribution in [0.4, 0.5) is 0 Å². The van der Waals surface area contributed by atoms with Gasteiger partial charge in [-0.25, -0.2) is 0 Å². The van der Waals surface area contributed by atoms with E-state index in [4.69, 9.17) is 0 Å². The summed E-state index contributed by atoms with van der Waals surface area (Å²) in [6.07, 6.45) is 4.05. The molecule has 0 spiro atoms. The van der Waals surface area contributed by atoms with E-state index in [9.17, 15) is 0 Å². The minimum Gasteiger partial charge on any atom is -0.0898 e. The molecule has 0 radical (unpaired) electrons. The highest BCUT2D eigenvalue weighted by molar-refractivity contribution is 7.47. The van der Waals surface area contributed by atoms with E-state index in [0.29, 0.717) is 0 Å². The van der Waals surface area contributed by atoms with Gasteiger partial charge in [-0.05, 0) is 49.8 Å². The summed E-state index contributed by atoms with van der Waals surface area (Å²) < 4.78 is 0. The lowest BCUT2D eigenvalue weighted by Crippen LogP contribution is -2.06. The van der Waals surface area contributed by atoms with Gasteiger partial charge in [0, 0.05) is 0 Å². The molecular weight excluding hydrogens is 187 g/mol. The third-order valence-electron chi connectivity index (χ3n) is 2.51. The molecular formula is C13H21P. The van der Waals surface area contributed by atoms with Crippen molar-refractivity contribution in [3.8, 4) is 0 Å². The molecule has 1 heteroatoms. The predicted octanol–water partition coefficient (Wildman–Crippen LogP) is 3.72. The summed E-state index contributed by atoms with van der Waals surface area (Å²) in [5.74, 6) is 0. The standard InChI is InChI=1S/C13H21P/c1-5-6-7-14-13-11(3)8-10(2)9-12(13)4/h8-9,14H,5-7H2,1-4H3. The van der Waals surface area contributed by atoms with E-state index in [0.717, 1.165) is 8.58 Å². The number of hydrogen-bond acceptors (Lipinski definition) is 0. The molecule has 0 aliphatic heterocycles. The molecule has 1 rings (SSSR count). The van der Waals surface area contributed by atoms with Crippen molar-refractivity contribution in [1.29, 1.82) is 0 Å². The lowest BCUT2D eigenvalue weighted by atomic mass is 10.1. The monoisotopic (exact) mass is 208 g/mol. The van der Waals surface area contributed by atoms with Crippen LogP contribution >= 0.6 is 8.58 Å². The molecule has 0 fully saturated rings. The largest absolute Gasteiger partial charge is 0.0898 e. The molecule has 0 bridgehead atoms. The Morgan fingerprint density at radius 3 is 2.14 bits per heavy atom. The van der Waals surface area contributed by atoms with Gasteiger partial charge in [0.2, 0.25) is 0 Å². The van der Waals surface area contributed by atoms with E-state index >= 15 is 0 Å². The summed E-state index contributed by atoms with van der Waals surface area (Å²) in [5, 5.41) is 1.60. The van der Waals surface area contributed by atoms with Gasteiger partial charge in [-0.15, -0.1) is 0 Å². The average Bonchev–Trinajstić information content (AvgIpc) is 2.09. The van der Waals surface area contributed by atoms with Crippen LogP contribution in [0.25, 0.3) is 0 Å². The van der Waals surface area contributed by atoms with Gasteiger partial charge in [0.15, 0.2) is 0 Å². The molecule has 0 saturated carbocycles. The fourth-order valence-corrected chi connectivity index (χ4v) is 3.33. The SMILES string of the molecule is CCCCPc1c(C)cc(C)cc1C. The number of hydrogen-bond donors (Lipinski definition) is 0. The fourth-order valence-electron chi connectivity index (χ4n) is 1.85. The Morgan fingerprint density at radius 1 is 1.07 bits per heavy atom. The Labute approximate surface area is 89.9 Å². The number of unbranched alkanes of at least 4 members (excludes halogenated alkanes) is 1. The molecule has 0 nitrogen and oxygen atoms in total. The molecule has 0 aliphatic carbocycles. The van der Waals surface area contributed by atoms with Crippen molar-refractivity contribution in [2.75, 3.05) is 6.16 Å². The van der Waals surface area contributed by atoms with E-state index in [1.165, 1.54) is 35.7 Å². The van der Waals surface area contributed by atoms with Crippen LogP contribution in [-0.2, 0) is 0 Å². The minimum atomic E-state index is 1.01. The predicted molar refractivity (Wildman–Crippen MR) is 68.4 cm³/mol. The molecule has 1 atom stereocenters. The van der Waals surface area contributed by atoms with Gasteiger partial charge in [0.25, 0.3) is 0 Å². The second-order valence-corrected chi connectivity index (χ2v) is 5.41. The second kappa shape index (κ2) is 5.51. The van der Waals surface area contributed by atoms with Gasteiger partial charge in [0.05, 0.1) is 0 Å². The van der Waals surface area contributed by atoms with Crippen LogP contribution < -0.4 is 5.30 Å². The summed E-state index contributed by atoms with van der Waals surface area (Å²) in [7, 11) is 1.01. The number of rotatable bonds is 4. The van der Waals surface area contributed by atoms with Crippen molar-refractivity contribution in [2.24, 2.45) is 0 Å². The molecule has 0 aromatic heterocycles. The van der Waals surface area contributed by atoms with Gasteiger partial charge in [0.1, 0.15) is 0 Å². The third kappa shape index (κ3) is 3.10. The Kier molecular flexibility index (Phi) is 4.62. The summed E-state index contributed by atoms with van der Waals surface area (Å²) >= 11 is 0. The van der Waals surface area contributed by atoms with Gasteiger partial charge < -0.3 is 0 Å². The van der Waals surface area contributed by atoms with Crippen molar-refractivity contribution in [2.45, 2.75) is 40.5 Å². The first-order valence-electron chi connectivity index (χ1n) is 5.47. The molecule has 1 unspecified atom stereocenters. The maximum Gasteiger partial charge on any atom is -0.0213 e. The van der Waals surface area contributed by atoms with Crippen LogP contribution in [-0.4, -0.2) is 6.16 Å². The van der Waals surface area contributed by atoms with Crippen molar-refractivity contribution >= 4 is 13.9 Å². The number of aryl methyl sites for hydroxylation is 3. The van der Waals surface area contributed by atoms with Crippen LogP contribution in [0.3, 0.4) is 0 Å². The fraction of sp³-hybridized carbons (Fsp3) is 0.538. The van der Waals surface area contributed by atoms with Crippen LogP contribution in [0.5, 0.6) is 0 Å². The summed E-state index contributed by atoms with van der Waals surface area (Å²) in [5.41, 5.74) is 4.36. The average molecular weight is 208 g/mol. The van der Waals surface area contributed by atoms with E-state index in [-0.39, 0.29) is 0 Å². The van der Waals surface area contributed by atoms with Crippen LogP contribution in [0.15, 0.2) is 12.1 Å². The molecule has 0 heterocycles. The summed E-state index contributed by atoms with van der Waals surface area (Å²) in [6.45, 7) is 8.93. The number of benzene rings is 1. The van der Waals surface area contributed by atoms with E-state index < -0.39 is 0 Å². The van der Waals surface area contributed by atoms with Gasteiger partial charge >= 0.3 is 0 Å². The van der Waals surface area contributed by atoms with Gasteiger partial charge in [-0.2, -0.15) is 0 Å². The zero-order chi connectivity index (χ0) is 10.6. The highest BCUT2D eigenvalue weighted by Gasteiger charge is 2.02. The van der Waals surface area contributed by atoms with E-state index in [1.54, 1.807) is 5.30 Å². The molecule has 78 valence electrons. The molecule has 0 aliphatic rings. The molecule has 1 aromatic carbocycles. The van der Waals surface area contributed by atoms with Crippen LogP contribution in [0, 0.1) is 20.8 Å². The topological polar surface area (TPSA) is 0 Å². The lowest BCUT2D eigenvalue weighted by molar-refractivity contribution is 0.895. The summed E-state index contributed by atoms with van der Waals surface area (Å²) in [6, 6.07) is 4.61. The minimum absolute atomic E-state index is 1.01. The van der Waals surface area contributed by atoms with Gasteiger partial charge in [-0.1, -0.05) is 39.6 Å². The molecule has 1 aromatic rings. The first-order valence-corrected chi connectivity index (χ1v) is 6.67. The van der Waals surface area contributed by atoms with Crippen molar-refractivity contribution < 1.29 is 0 Å². The van der Waals surface area contributed by atoms with E-state index in [1.807, 2.05) is 0 Å². The first kappa shape index (κ1) is 11.7. The first-order chi connectivity index (χ1) is 6.65. The molecule has 0 amide bonds. The Morgan fingerprint density at radius 2 is 1.64 bits per heavy atom. The van der Waals surface area contributed by atoms with Crippen molar-refractivity contribution in [3.63, 3.8) is 0 Å². The van der Waals surface area contributed by atoms with Crippen molar-refractivity contribution in [3.05, 3.63) is 28.8 Å². The quantitative estimate of drug-likeness (QED) is 0.522. The summed E-state index contributed by atoms with van der Waals surface area (Å²) in [4.78, 5) is 0. The Hall–Kier alpha value is -0.350. The molecule has 14 heavy (non-hydrogen) atoms. The highest BCUT2D eigenvalue weighted by Crippen LogP contribution is 2.19. The third-order valence-corrected chi connectivity index (χ3v) is 4.25. The lowest BCUT2D eigenvalue weighted by Gasteiger charge is -2.10. The van der Waals surface area contributed by atoms with Crippen molar-refractivity contribution in [1.82, 2.24) is 0 Å². The Balaban J connectivity index is 2.75.